The number of para-hydroxylation sites is 2. The lowest BCUT2D eigenvalue weighted by Gasteiger charge is -2.44. The summed E-state index contributed by atoms with van der Waals surface area (Å²) < 4.78 is 27.6. The lowest BCUT2D eigenvalue weighted by atomic mass is 9.78. The highest BCUT2D eigenvalue weighted by atomic mass is 32.2. The highest BCUT2D eigenvalue weighted by molar-refractivity contribution is 7.99. The number of halogens is 2. The zero-order valence-electron chi connectivity index (χ0n) is 14.6. The van der Waals surface area contributed by atoms with Crippen molar-refractivity contribution in [2.24, 2.45) is 5.92 Å². The number of carbonyl (C=O) groups excluding carboxylic acids is 1. The maximum atomic E-state index is 13.1. The van der Waals surface area contributed by atoms with Gasteiger partial charge in [-0.25, -0.2) is 4.98 Å². The van der Waals surface area contributed by atoms with E-state index in [1.165, 1.54) is 25.7 Å². The highest BCUT2D eigenvalue weighted by Gasteiger charge is 2.35. The predicted molar refractivity (Wildman–Crippen MR) is 98.3 cm³/mol. The molecular weight excluding hydrogens is 356 g/mol. The van der Waals surface area contributed by atoms with Gasteiger partial charge in [-0.3, -0.25) is 4.79 Å². The van der Waals surface area contributed by atoms with E-state index in [9.17, 15) is 13.6 Å². The van der Waals surface area contributed by atoms with Crippen LogP contribution in [-0.4, -0.2) is 38.7 Å². The normalized spacial score (nSPS) is 23.4. The molecule has 1 aliphatic carbocycles. The summed E-state index contributed by atoms with van der Waals surface area (Å²) in [6.45, 7) is 0.864. The van der Waals surface area contributed by atoms with E-state index in [1.54, 1.807) is 10.6 Å². The first-order valence-corrected chi connectivity index (χ1v) is 10.2. The third-order valence-electron chi connectivity index (χ3n) is 5.67. The number of thioether (sulfide) groups is 1. The second-order valence-electron chi connectivity index (χ2n) is 7.19. The Balaban J connectivity index is 1.60. The Kier molecular flexibility index (Phi) is 5.16. The maximum Gasteiger partial charge on any atom is 0.291 e. The van der Waals surface area contributed by atoms with Crippen LogP contribution in [0.4, 0.5) is 8.78 Å². The number of aromatic nitrogens is 2. The summed E-state index contributed by atoms with van der Waals surface area (Å²) in [7, 11) is 0. The SMILES string of the molecule is O=C(Cn1c(SC(F)F)nc2ccccc21)N1CCCC2CCCCC21. The van der Waals surface area contributed by atoms with E-state index in [4.69, 9.17) is 0 Å². The summed E-state index contributed by atoms with van der Waals surface area (Å²) in [6, 6.07) is 7.63. The monoisotopic (exact) mass is 379 g/mol. The average molecular weight is 379 g/mol. The van der Waals surface area contributed by atoms with Crippen LogP contribution in [0.3, 0.4) is 0 Å². The van der Waals surface area contributed by atoms with Crippen LogP contribution >= 0.6 is 11.8 Å². The van der Waals surface area contributed by atoms with E-state index in [0.29, 0.717) is 29.2 Å². The van der Waals surface area contributed by atoms with Gasteiger partial charge in [-0.2, -0.15) is 8.78 Å². The fourth-order valence-corrected chi connectivity index (χ4v) is 5.14. The van der Waals surface area contributed by atoms with Gasteiger partial charge in [0.2, 0.25) is 5.91 Å². The fourth-order valence-electron chi connectivity index (χ4n) is 4.54. The molecule has 1 amide bonds. The van der Waals surface area contributed by atoms with Crippen molar-refractivity contribution in [1.82, 2.24) is 14.5 Å². The zero-order valence-corrected chi connectivity index (χ0v) is 15.4. The molecule has 1 saturated carbocycles. The first-order chi connectivity index (χ1) is 12.6. The number of fused-ring (bicyclic) bond motifs is 2. The van der Waals surface area contributed by atoms with Gasteiger partial charge in [-0.05, 0) is 55.5 Å². The van der Waals surface area contributed by atoms with Gasteiger partial charge in [0, 0.05) is 12.6 Å². The molecular formula is C19H23F2N3OS. The van der Waals surface area contributed by atoms with Crippen LogP contribution in [0, 0.1) is 5.92 Å². The Morgan fingerprint density at radius 3 is 2.81 bits per heavy atom. The average Bonchev–Trinajstić information content (AvgIpc) is 2.97. The second-order valence-corrected chi connectivity index (χ2v) is 8.15. The van der Waals surface area contributed by atoms with Crippen molar-refractivity contribution in [2.75, 3.05) is 6.54 Å². The number of nitrogens with zero attached hydrogens (tertiary/aromatic N) is 3. The first-order valence-electron chi connectivity index (χ1n) is 9.33. The number of carbonyl (C=O) groups is 1. The number of piperidine rings is 1. The molecule has 2 aliphatic rings. The summed E-state index contributed by atoms with van der Waals surface area (Å²) in [5.74, 6) is -1.92. The lowest BCUT2D eigenvalue weighted by Crippen LogP contribution is -2.50. The molecule has 4 rings (SSSR count). The van der Waals surface area contributed by atoms with Crippen molar-refractivity contribution in [3.05, 3.63) is 24.3 Å². The van der Waals surface area contributed by atoms with Crippen LogP contribution in [0.5, 0.6) is 0 Å². The van der Waals surface area contributed by atoms with E-state index in [-0.39, 0.29) is 17.6 Å². The maximum absolute atomic E-state index is 13.1. The molecule has 1 aliphatic heterocycles. The van der Waals surface area contributed by atoms with Crippen molar-refractivity contribution < 1.29 is 13.6 Å². The number of imidazole rings is 1. The van der Waals surface area contributed by atoms with Crippen LogP contribution in [0.2, 0.25) is 0 Å². The Bertz CT molecular complexity index is 792. The second kappa shape index (κ2) is 7.55. The molecule has 0 radical (unpaired) electrons. The van der Waals surface area contributed by atoms with Crippen molar-refractivity contribution in [3.63, 3.8) is 0 Å². The Labute approximate surface area is 155 Å². The summed E-state index contributed by atoms with van der Waals surface area (Å²) in [6.07, 6.45) is 6.94. The standard InChI is InChI=1S/C19H23F2N3OS/c20-18(21)26-19-22-14-8-2-4-10-16(14)24(19)12-17(25)23-11-5-7-13-6-1-3-9-15(13)23/h2,4,8,10,13,15,18H,1,3,5-7,9,11-12H2. The number of rotatable bonds is 4. The summed E-state index contributed by atoms with van der Waals surface area (Å²) >= 11 is 0.410. The van der Waals surface area contributed by atoms with Gasteiger partial charge in [-0.1, -0.05) is 25.0 Å². The van der Waals surface area contributed by atoms with Crippen LogP contribution in [0.1, 0.15) is 38.5 Å². The molecule has 0 spiro atoms. The van der Waals surface area contributed by atoms with Gasteiger partial charge in [0.15, 0.2) is 5.16 Å². The molecule has 0 bridgehead atoms. The van der Waals surface area contributed by atoms with Gasteiger partial charge in [0.05, 0.1) is 11.0 Å². The summed E-state index contributed by atoms with van der Waals surface area (Å²) in [5.41, 5.74) is 1.39. The molecule has 1 aromatic heterocycles. The van der Waals surface area contributed by atoms with E-state index in [2.05, 4.69) is 4.98 Å². The molecule has 4 nitrogen and oxygen atoms in total. The van der Waals surface area contributed by atoms with Crippen molar-refractivity contribution in [1.29, 1.82) is 0 Å². The molecule has 2 aromatic rings. The quantitative estimate of drug-likeness (QED) is 0.733. The van der Waals surface area contributed by atoms with E-state index < -0.39 is 5.76 Å². The molecule has 2 unspecified atom stereocenters. The molecule has 1 aromatic carbocycles. The van der Waals surface area contributed by atoms with Gasteiger partial charge >= 0.3 is 0 Å². The third-order valence-corrected chi connectivity index (χ3v) is 6.37. The van der Waals surface area contributed by atoms with Crippen LogP contribution in [-0.2, 0) is 11.3 Å². The third kappa shape index (κ3) is 3.46. The summed E-state index contributed by atoms with van der Waals surface area (Å²) in [4.78, 5) is 19.4. The number of hydrogen-bond donors (Lipinski definition) is 0. The van der Waals surface area contributed by atoms with E-state index >= 15 is 0 Å². The number of amides is 1. The minimum Gasteiger partial charge on any atom is -0.338 e. The van der Waals surface area contributed by atoms with Crippen LogP contribution in [0.25, 0.3) is 11.0 Å². The number of likely N-dealkylation sites (tertiary alicyclic amines) is 1. The van der Waals surface area contributed by atoms with Gasteiger partial charge in [0.25, 0.3) is 5.76 Å². The fraction of sp³-hybridized carbons (Fsp3) is 0.579. The predicted octanol–water partition coefficient (Wildman–Crippen LogP) is 4.53. The smallest absolute Gasteiger partial charge is 0.291 e. The summed E-state index contributed by atoms with van der Waals surface area (Å²) in [5, 5.41) is 0.215. The topological polar surface area (TPSA) is 38.1 Å². The minimum atomic E-state index is -2.56. The van der Waals surface area contributed by atoms with Crippen LogP contribution in [0.15, 0.2) is 29.4 Å². The molecule has 2 atom stereocenters. The Morgan fingerprint density at radius 2 is 1.96 bits per heavy atom. The Morgan fingerprint density at radius 1 is 1.19 bits per heavy atom. The van der Waals surface area contributed by atoms with Gasteiger partial charge in [0.1, 0.15) is 6.54 Å². The van der Waals surface area contributed by atoms with Gasteiger partial charge < -0.3 is 9.47 Å². The molecule has 2 fully saturated rings. The molecule has 0 N–H and O–H groups in total. The molecule has 140 valence electrons. The first kappa shape index (κ1) is 17.8. The minimum absolute atomic E-state index is 0.0286. The van der Waals surface area contributed by atoms with Crippen LogP contribution < -0.4 is 0 Å². The van der Waals surface area contributed by atoms with Crippen molar-refractivity contribution >= 4 is 28.7 Å². The lowest BCUT2D eigenvalue weighted by molar-refractivity contribution is -0.138. The zero-order chi connectivity index (χ0) is 18.1. The van der Waals surface area contributed by atoms with Gasteiger partial charge in [-0.15, -0.1) is 0 Å². The molecule has 1 saturated heterocycles. The highest BCUT2D eigenvalue weighted by Crippen LogP contribution is 2.36. The molecule has 7 heteroatoms. The Hall–Kier alpha value is -1.63. The largest absolute Gasteiger partial charge is 0.338 e. The van der Waals surface area contributed by atoms with Crippen molar-refractivity contribution in [2.45, 2.75) is 62.0 Å². The number of benzene rings is 1. The van der Waals surface area contributed by atoms with E-state index in [0.717, 1.165) is 24.9 Å². The number of alkyl halides is 2. The number of hydrogen-bond acceptors (Lipinski definition) is 3. The molecule has 26 heavy (non-hydrogen) atoms. The van der Waals surface area contributed by atoms with Crippen molar-refractivity contribution in [3.8, 4) is 0 Å². The molecule has 2 heterocycles. The van der Waals surface area contributed by atoms with E-state index in [1.807, 2.05) is 23.1 Å².